The summed E-state index contributed by atoms with van der Waals surface area (Å²) >= 11 is 0. The van der Waals surface area contributed by atoms with Crippen LogP contribution < -0.4 is 0 Å². The van der Waals surface area contributed by atoms with Crippen molar-refractivity contribution in [3.63, 3.8) is 0 Å². The van der Waals surface area contributed by atoms with Crippen LogP contribution in [0.15, 0.2) is 30.3 Å². The average Bonchev–Trinajstić information content (AvgIpc) is 2.69. The van der Waals surface area contributed by atoms with Gasteiger partial charge in [0.2, 0.25) is 0 Å². The largest absolute Gasteiger partial charge is 0.272 e. The molecule has 1 aromatic carbocycles. The van der Waals surface area contributed by atoms with Gasteiger partial charge in [0.25, 0.3) is 5.92 Å². The summed E-state index contributed by atoms with van der Waals surface area (Å²) in [6, 6.07) is 10.1. The lowest BCUT2D eigenvalue weighted by atomic mass is 10.1. The Balaban J connectivity index is 2.28. The third kappa shape index (κ3) is 1.10. The first-order chi connectivity index (χ1) is 6.18. The molecule has 0 saturated heterocycles. The van der Waals surface area contributed by atoms with Crippen molar-refractivity contribution in [3.05, 3.63) is 35.9 Å². The Hall–Kier alpha value is -1.43. The van der Waals surface area contributed by atoms with Crippen molar-refractivity contribution in [2.45, 2.75) is 11.8 Å². The molecule has 0 aromatic heterocycles. The molecule has 2 rings (SSSR count). The summed E-state index contributed by atoms with van der Waals surface area (Å²) < 4.78 is 25.8. The summed E-state index contributed by atoms with van der Waals surface area (Å²) in [7, 11) is 0. The summed E-state index contributed by atoms with van der Waals surface area (Å²) in [5.74, 6) is -4.84. The van der Waals surface area contributed by atoms with Crippen molar-refractivity contribution < 1.29 is 8.78 Å². The van der Waals surface area contributed by atoms with Crippen LogP contribution in [0.1, 0.15) is 11.5 Å². The van der Waals surface area contributed by atoms with E-state index in [1.54, 1.807) is 36.4 Å². The fourth-order valence-electron chi connectivity index (χ4n) is 1.56. The number of benzene rings is 1. The van der Waals surface area contributed by atoms with Crippen LogP contribution in [0.4, 0.5) is 8.78 Å². The molecule has 0 spiro atoms. The highest BCUT2D eigenvalue weighted by Crippen LogP contribution is 2.60. The molecule has 1 fully saturated rings. The van der Waals surface area contributed by atoms with Gasteiger partial charge in [-0.3, -0.25) is 0 Å². The Kier molecular flexibility index (Phi) is 1.59. The molecule has 0 radical (unpaired) electrons. The monoisotopic (exact) mass is 179 g/mol. The van der Waals surface area contributed by atoms with Crippen LogP contribution in [0.3, 0.4) is 0 Å². The molecule has 0 amide bonds. The first-order valence-electron chi connectivity index (χ1n) is 4.00. The van der Waals surface area contributed by atoms with Crippen molar-refractivity contribution in [2.75, 3.05) is 0 Å². The Morgan fingerprint density at radius 1 is 1.23 bits per heavy atom. The van der Waals surface area contributed by atoms with Crippen molar-refractivity contribution in [2.24, 2.45) is 5.92 Å². The van der Waals surface area contributed by atoms with Crippen LogP contribution in [0.25, 0.3) is 0 Å². The molecule has 1 aromatic rings. The normalized spacial score (nSPS) is 29.3. The predicted octanol–water partition coefficient (Wildman–Crippen LogP) is 2.56. The van der Waals surface area contributed by atoms with Gasteiger partial charge in [-0.1, -0.05) is 30.3 Å². The first kappa shape index (κ1) is 8.18. The minimum Gasteiger partial charge on any atom is -0.205 e. The second-order valence-corrected chi connectivity index (χ2v) is 3.17. The second-order valence-electron chi connectivity index (χ2n) is 3.17. The molecule has 1 aliphatic rings. The van der Waals surface area contributed by atoms with E-state index in [4.69, 9.17) is 5.26 Å². The predicted molar refractivity (Wildman–Crippen MR) is 43.2 cm³/mol. The number of rotatable bonds is 1. The molecule has 0 bridgehead atoms. The van der Waals surface area contributed by atoms with Crippen LogP contribution in [-0.2, 0) is 0 Å². The maximum Gasteiger partial charge on any atom is 0.272 e. The molecule has 1 nitrogen and oxygen atoms in total. The maximum absolute atomic E-state index is 12.9. The zero-order valence-corrected chi connectivity index (χ0v) is 6.74. The second kappa shape index (κ2) is 2.53. The number of hydrogen-bond donors (Lipinski definition) is 0. The average molecular weight is 179 g/mol. The lowest BCUT2D eigenvalue weighted by Gasteiger charge is -1.95. The number of nitrogens with zero attached hydrogens (tertiary/aromatic N) is 1. The highest BCUT2D eigenvalue weighted by molar-refractivity contribution is 5.36. The maximum atomic E-state index is 12.9. The fraction of sp³-hybridized carbons (Fsp3) is 0.300. The number of hydrogen-bond acceptors (Lipinski definition) is 1. The molecule has 1 saturated carbocycles. The van der Waals surface area contributed by atoms with Crippen molar-refractivity contribution in [3.8, 4) is 6.07 Å². The van der Waals surface area contributed by atoms with Crippen molar-refractivity contribution in [1.82, 2.24) is 0 Å². The van der Waals surface area contributed by atoms with Crippen LogP contribution in [0, 0.1) is 17.2 Å². The lowest BCUT2D eigenvalue weighted by molar-refractivity contribution is 0.102. The number of halogens is 2. The van der Waals surface area contributed by atoms with E-state index in [2.05, 4.69) is 0 Å². The highest BCUT2D eigenvalue weighted by atomic mass is 19.3. The molecule has 3 heteroatoms. The molecule has 13 heavy (non-hydrogen) atoms. The zero-order valence-electron chi connectivity index (χ0n) is 6.74. The van der Waals surface area contributed by atoms with Crippen LogP contribution in [0.2, 0.25) is 0 Å². The van der Waals surface area contributed by atoms with E-state index in [9.17, 15) is 8.78 Å². The van der Waals surface area contributed by atoms with Crippen LogP contribution >= 0.6 is 0 Å². The molecule has 0 aliphatic heterocycles. The van der Waals surface area contributed by atoms with Gasteiger partial charge in [-0.2, -0.15) is 5.26 Å². The zero-order chi connectivity index (χ0) is 9.47. The Morgan fingerprint density at radius 2 is 1.85 bits per heavy atom. The molecule has 1 aliphatic carbocycles. The Morgan fingerprint density at radius 3 is 2.31 bits per heavy atom. The van der Waals surface area contributed by atoms with Gasteiger partial charge < -0.3 is 0 Å². The first-order valence-corrected chi connectivity index (χ1v) is 4.00. The van der Waals surface area contributed by atoms with E-state index in [1.807, 2.05) is 0 Å². The van der Waals surface area contributed by atoms with E-state index < -0.39 is 17.8 Å². The summed E-state index contributed by atoms with van der Waals surface area (Å²) in [5.41, 5.74) is 0.555. The van der Waals surface area contributed by atoms with Gasteiger partial charge in [0.05, 0.1) is 12.0 Å². The molecule has 0 unspecified atom stereocenters. The van der Waals surface area contributed by atoms with Crippen LogP contribution in [0.5, 0.6) is 0 Å². The molecular formula is C10H7F2N. The van der Waals surface area contributed by atoms with E-state index in [0.717, 1.165) is 0 Å². The fourth-order valence-corrected chi connectivity index (χ4v) is 1.56. The quantitative estimate of drug-likeness (QED) is 0.649. The van der Waals surface area contributed by atoms with Gasteiger partial charge in [0, 0.05) is 0 Å². The Bertz CT molecular complexity index is 353. The smallest absolute Gasteiger partial charge is 0.205 e. The van der Waals surface area contributed by atoms with Gasteiger partial charge in [-0.05, 0) is 5.56 Å². The van der Waals surface area contributed by atoms with E-state index in [1.165, 1.54) is 0 Å². The van der Waals surface area contributed by atoms with E-state index in [0.29, 0.717) is 5.56 Å². The Labute approximate surface area is 74.6 Å². The van der Waals surface area contributed by atoms with Gasteiger partial charge in [-0.25, -0.2) is 8.78 Å². The third-order valence-electron chi connectivity index (χ3n) is 2.35. The third-order valence-corrected chi connectivity index (χ3v) is 2.35. The highest BCUT2D eigenvalue weighted by Gasteiger charge is 2.69. The summed E-state index contributed by atoms with van der Waals surface area (Å²) in [5, 5.41) is 8.44. The van der Waals surface area contributed by atoms with Gasteiger partial charge in [0.1, 0.15) is 5.92 Å². The molecule has 0 heterocycles. The van der Waals surface area contributed by atoms with Gasteiger partial charge in [0.15, 0.2) is 0 Å². The summed E-state index contributed by atoms with van der Waals surface area (Å²) in [4.78, 5) is 0. The van der Waals surface area contributed by atoms with Gasteiger partial charge in [-0.15, -0.1) is 0 Å². The SMILES string of the molecule is N#C[C@H]1[C@H](c2ccccc2)C1(F)F. The molecule has 66 valence electrons. The number of nitriles is 1. The standard InChI is InChI=1S/C10H7F2N/c11-10(12)8(6-13)9(10)7-4-2-1-3-5-7/h1-5,8-9H/t8-,9-/m0/s1. The van der Waals surface area contributed by atoms with E-state index >= 15 is 0 Å². The molecular weight excluding hydrogens is 172 g/mol. The number of alkyl halides is 2. The molecule has 0 N–H and O–H groups in total. The minimum atomic E-state index is -2.82. The minimum absolute atomic E-state index is 0.555. The summed E-state index contributed by atoms with van der Waals surface area (Å²) in [6.07, 6.45) is 0. The summed E-state index contributed by atoms with van der Waals surface area (Å²) in [6.45, 7) is 0. The van der Waals surface area contributed by atoms with Crippen molar-refractivity contribution in [1.29, 1.82) is 5.26 Å². The molecule has 2 atom stereocenters. The van der Waals surface area contributed by atoms with E-state index in [-0.39, 0.29) is 0 Å². The van der Waals surface area contributed by atoms with Crippen molar-refractivity contribution >= 4 is 0 Å². The topological polar surface area (TPSA) is 23.8 Å². The van der Waals surface area contributed by atoms with Crippen LogP contribution in [-0.4, -0.2) is 5.92 Å². The lowest BCUT2D eigenvalue weighted by Crippen LogP contribution is -1.93. The van der Waals surface area contributed by atoms with Gasteiger partial charge >= 0.3 is 0 Å².